The number of amides is 1. The summed E-state index contributed by atoms with van der Waals surface area (Å²) in [5.41, 5.74) is 2.15. The van der Waals surface area contributed by atoms with Gasteiger partial charge in [0.25, 0.3) is 0 Å². The molecule has 1 aliphatic rings. The quantitative estimate of drug-likeness (QED) is 0.858. The number of rotatable bonds is 6. The molecule has 3 rings (SSSR count). The number of benzene rings is 2. The molecule has 0 aromatic heterocycles. The number of hydrogen-bond donors (Lipinski definition) is 2. The van der Waals surface area contributed by atoms with E-state index in [4.69, 9.17) is 0 Å². The summed E-state index contributed by atoms with van der Waals surface area (Å²) < 4.78 is 0. The maximum Gasteiger partial charge on any atom is 0.237 e. The molecule has 0 aliphatic carbocycles. The van der Waals surface area contributed by atoms with Gasteiger partial charge < -0.3 is 10.4 Å². The van der Waals surface area contributed by atoms with Gasteiger partial charge in [0.15, 0.2) is 0 Å². The molecule has 2 N–H and O–H groups in total. The Balaban J connectivity index is 1.65. The molecule has 1 saturated heterocycles. The minimum Gasteiger partial charge on any atom is -0.394 e. The highest BCUT2D eigenvalue weighted by atomic mass is 16.3. The molecule has 4 heteroatoms. The van der Waals surface area contributed by atoms with Gasteiger partial charge in [-0.2, -0.15) is 0 Å². The average molecular weight is 324 g/mol. The molecular formula is C20H24N2O2. The minimum absolute atomic E-state index is 0.00586. The van der Waals surface area contributed by atoms with Gasteiger partial charge >= 0.3 is 0 Å². The third kappa shape index (κ3) is 4.02. The van der Waals surface area contributed by atoms with Crippen LogP contribution in [0.4, 0.5) is 0 Å². The fourth-order valence-electron chi connectivity index (χ4n) is 3.32. The second-order valence-electron chi connectivity index (χ2n) is 6.27. The molecule has 0 bridgehead atoms. The number of hydrogen-bond acceptors (Lipinski definition) is 3. The number of carbonyl (C=O) groups excluding carboxylic acids is 1. The van der Waals surface area contributed by atoms with E-state index in [1.165, 1.54) is 5.56 Å². The van der Waals surface area contributed by atoms with E-state index in [0.29, 0.717) is 0 Å². The lowest BCUT2D eigenvalue weighted by Crippen LogP contribution is -2.44. The van der Waals surface area contributed by atoms with Crippen molar-refractivity contribution in [1.82, 2.24) is 10.2 Å². The predicted octanol–water partition coefficient (Wildman–Crippen LogP) is 2.50. The van der Waals surface area contributed by atoms with Crippen LogP contribution in [0.3, 0.4) is 0 Å². The summed E-state index contributed by atoms with van der Waals surface area (Å²) in [6.07, 6.45) is 1.89. The highest BCUT2D eigenvalue weighted by molar-refractivity contribution is 5.82. The van der Waals surface area contributed by atoms with Crippen molar-refractivity contribution in [2.24, 2.45) is 0 Å². The monoisotopic (exact) mass is 324 g/mol. The third-order valence-electron chi connectivity index (χ3n) is 4.60. The van der Waals surface area contributed by atoms with Crippen molar-refractivity contribution in [3.8, 4) is 0 Å². The molecule has 0 spiro atoms. The SMILES string of the molecule is O=C(N[C@H](CO)c1ccccc1)C1CCCN1Cc1ccccc1. The van der Waals surface area contributed by atoms with Crippen molar-refractivity contribution in [2.75, 3.05) is 13.2 Å². The molecule has 1 fully saturated rings. The number of nitrogens with one attached hydrogen (secondary N) is 1. The molecule has 2 aromatic rings. The summed E-state index contributed by atoms with van der Waals surface area (Å²) in [6, 6.07) is 19.4. The zero-order valence-electron chi connectivity index (χ0n) is 13.8. The summed E-state index contributed by atoms with van der Waals surface area (Å²) in [5.74, 6) is 0.00586. The van der Waals surface area contributed by atoms with Crippen LogP contribution in [0.1, 0.15) is 30.0 Å². The van der Waals surface area contributed by atoms with Crippen LogP contribution < -0.4 is 5.32 Å². The zero-order chi connectivity index (χ0) is 16.8. The van der Waals surface area contributed by atoms with E-state index in [2.05, 4.69) is 22.3 Å². The van der Waals surface area contributed by atoms with Gasteiger partial charge in [0.05, 0.1) is 18.7 Å². The van der Waals surface area contributed by atoms with E-state index in [-0.39, 0.29) is 24.6 Å². The van der Waals surface area contributed by atoms with E-state index in [0.717, 1.165) is 31.5 Å². The fraction of sp³-hybridized carbons (Fsp3) is 0.350. The van der Waals surface area contributed by atoms with Gasteiger partial charge in [0.2, 0.25) is 5.91 Å². The topological polar surface area (TPSA) is 52.6 Å². The summed E-state index contributed by atoms with van der Waals surface area (Å²) in [7, 11) is 0. The number of aliphatic hydroxyl groups is 1. The van der Waals surface area contributed by atoms with Gasteiger partial charge in [-0.15, -0.1) is 0 Å². The Morgan fingerprint density at radius 2 is 1.79 bits per heavy atom. The molecular weight excluding hydrogens is 300 g/mol. The second kappa shape index (κ2) is 8.08. The molecule has 1 unspecified atom stereocenters. The number of aliphatic hydroxyl groups excluding tert-OH is 1. The number of nitrogens with zero attached hydrogens (tertiary/aromatic N) is 1. The summed E-state index contributed by atoms with van der Waals surface area (Å²) in [5, 5.41) is 12.7. The van der Waals surface area contributed by atoms with Crippen LogP contribution in [-0.2, 0) is 11.3 Å². The standard InChI is InChI=1S/C20H24N2O2/c23-15-18(17-10-5-2-6-11-17)21-20(24)19-12-7-13-22(19)14-16-8-3-1-4-9-16/h1-6,8-11,18-19,23H,7,12-15H2,(H,21,24)/t18-,19?/m1/s1. The number of likely N-dealkylation sites (tertiary alicyclic amines) is 1. The summed E-state index contributed by atoms with van der Waals surface area (Å²) >= 11 is 0. The molecule has 126 valence electrons. The molecule has 2 aromatic carbocycles. The first-order valence-corrected chi connectivity index (χ1v) is 8.52. The van der Waals surface area contributed by atoms with E-state index in [9.17, 15) is 9.90 Å². The zero-order valence-corrected chi connectivity index (χ0v) is 13.8. The Morgan fingerprint density at radius 3 is 2.46 bits per heavy atom. The predicted molar refractivity (Wildman–Crippen MR) is 94.3 cm³/mol. The first-order valence-electron chi connectivity index (χ1n) is 8.52. The Labute approximate surface area is 143 Å². The largest absolute Gasteiger partial charge is 0.394 e. The molecule has 0 radical (unpaired) electrons. The second-order valence-corrected chi connectivity index (χ2v) is 6.27. The van der Waals surface area contributed by atoms with E-state index in [1.807, 2.05) is 48.5 Å². The highest BCUT2D eigenvalue weighted by Crippen LogP contribution is 2.21. The third-order valence-corrected chi connectivity index (χ3v) is 4.60. The Morgan fingerprint density at radius 1 is 1.12 bits per heavy atom. The van der Waals surface area contributed by atoms with Crippen molar-refractivity contribution < 1.29 is 9.90 Å². The van der Waals surface area contributed by atoms with Gasteiger partial charge in [-0.25, -0.2) is 0 Å². The van der Waals surface area contributed by atoms with Crippen LogP contribution in [0.2, 0.25) is 0 Å². The normalized spacial score (nSPS) is 19.1. The highest BCUT2D eigenvalue weighted by Gasteiger charge is 2.31. The first-order chi connectivity index (χ1) is 11.8. The maximum atomic E-state index is 12.7. The van der Waals surface area contributed by atoms with Gasteiger partial charge in [0.1, 0.15) is 0 Å². The van der Waals surface area contributed by atoms with Crippen molar-refractivity contribution in [2.45, 2.75) is 31.5 Å². The lowest BCUT2D eigenvalue weighted by Gasteiger charge is -2.26. The summed E-state index contributed by atoms with van der Waals surface area (Å²) in [4.78, 5) is 15.0. The summed E-state index contributed by atoms with van der Waals surface area (Å²) in [6.45, 7) is 1.62. The van der Waals surface area contributed by atoms with Crippen LogP contribution in [-0.4, -0.2) is 35.1 Å². The Kier molecular flexibility index (Phi) is 5.62. The average Bonchev–Trinajstić information content (AvgIpc) is 3.09. The van der Waals surface area contributed by atoms with E-state index in [1.54, 1.807) is 0 Å². The molecule has 1 amide bonds. The smallest absolute Gasteiger partial charge is 0.237 e. The number of carbonyl (C=O) groups is 1. The lowest BCUT2D eigenvalue weighted by atomic mass is 10.1. The van der Waals surface area contributed by atoms with Gasteiger partial charge in [-0.3, -0.25) is 9.69 Å². The van der Waals surface area contributed by atoms with Crippen LogP contribution in [0.15, 0.2) is 60.7 Å². The Hall–Kier alpha value is -2.17. The maximum absolute atomic E-state index is 12.7. The molecule has 4 nitrogen and oxygen atoms in total. The van der Waals surface area contributed by atoms with Gasteiger partial charge in [0, 0.05) is 6.54 Å². The first kappa shape index (κ1) is 16.7. The molecule has 2 atom stereocenters. The van der Waals surface area contributed by atoms with Crippen LogP contribution in [0.5, 0.6) is 0 Å². The van der Waals surface area contributed by atoms with Crippen LogP contribution >= 0.6 is 0 Å². The molecule has 24 heavy (non-hydrogen) atoms. The van der Waals surface area contributed by atoms with Gasteiger partial charge in [-0.1, -0.05) is 60.7 Å². The van der Waals surface area contributed by atoms with Gasteiger partial charge in [-0.05, 0) is 30.5 Å². The van der Waals surface area contributed by atoms with Crippen molar-refractivity contribution >= 4 is 5.91 Å². The fourth-order valence-corrected chi connectivity index (χ4v) is 3.32. The van der Waals surface area contributed by atoms with Crippen molar-refractivity contribution in [1.29, 1.82) is 0 Å². The van der Waals surface area contributed by atoms with E-state index >= 15 is 0 Å². The lowest BCUT2D eigenvalue weighted by molar-refractivity contribution is -0.126. The van der Waals surface area contributed by atoms with E-state index < -0.39 is 0 Å². The van der Waals surface area contributed by atoms with Crippen LogP contribution in [0, 0.1) is 0 Å². The molecule has 1 aliphatic heterocycles. The van der Waals surface area contributed by atoms with Crippen LogP contribution in [0.25, 0.3) is 0 Å². The molecule has 0 saturated carbocycles. The van der Waals surface area contributed by atoms with Crippen molar-refractivity contribution in [3.63, 3.8) is 0 Å². The minimum atomic E-state index is -0.349. The Bertz CT molecular complexity index is 645. The molecule has 1 heterocycles. The van der Waals surface area contributed by atoms with Crippen molar-refractivity contribution in [3.05, 3.63) is 71.8 Å².